The summed E-state index contributed by atoms with van der Waals surface area (Å²) in [5.41, 5.74) is 8.11. The third-order valence-electron chi connectivity index (χ3n) is 4.26. The molecule has 0 aliphatic carbocycles. The summed E-state index contributed by atoms with van der Waals surface area (Å²) in [6.45, 7) is 3.88. The third kappa shape index (κ3) is 4.35. The van der Waals surface area contributed by atoms with Crippen molar-refractivity contribution in [1.82, 2.24) is 5.32 Å². The van der Waals surface area contributed by atoms with Crippen LogP contribution in [0.1, 0.15) is 43.2 Å². The summed E-state index contributed by atoms with van der Waals surface area (Å²) in [5.74, 6) is 1.15. The number of carbonyl (C=O) groups is 1. The van der Waals surface area contributed by atoms with E-state index in [1.807, 2.05) is 13.0 Å². The number of hydrogen-bond donors (Lipinski definition) is 2. The first kappa shape index (κ1) is 17.8. The van der Waals surface area contributed by atoms with Gasteiger partial charge in [-0.05, 0) is 48.4 Å². The predicted octanol–water partition coefficient (Wildman–Crippen LogP) is 2.60. The first-order valence-electron chi connectivity index (χ1n) is 7.32. The minimum atomic E-state index is -0.179. The molecule has 0 saturated carbocycles. The Labute approximate surface area is 132 Å². The molecular weight excluding hydrogens is 288 g/mol. The zero-order chi connectivity index (χ0) is 14.5. The second kappa shape index (κ2) is 8.25. The summed E-state index contributed by atoms with van der Waals surface area (Å²) in [6.07, 6.45) is 2.66. The molecule has 0 fully saturated rings. The molecule has 1 heterocycles. The van der Waals surface area contributed by atoms with E-state index in [0.29, 0.717) is 5.92 Å². The largest absolute Gasteiger partial charge is 0.497 e. The van der Waals surface area contributed by atoms with Crippen molar-refractivity contribution < 1.29 is 9.53 Å². The van der Waals surface area contributed by atoms with Crippen LogP contribution in [0.5, 0.6) is 5.75 Å². The van der Waals surface area contributed by atoms with Gasteiger partial charge in [0.2, 0.25) is 5.91 Å². The van der Waals surface area contributed by atoms with E-state index in [1.165, 1.54) is 11.1 Å². The van der Waals surface area contributed by atoms with Gasteiger partial charge in [-0.2, -0.15) is 0 Å². The summed E-state index contributed by atoms with van der Waals surface area (Å²) in [7, 11) is 1.69. The number of nitrogens with one attached hydrogen (secondary N) is 1. The summed E-state index contributed by atoms with van der Waals surface area (Å²) >= 11 is 0. The highest BCUT2D eigenvalue weighted by Crippen LogP contribution is 2.32. The normalized spacial score (nSPS) is 18.3. The van der Waals surface area contributed by atoms with Gasteiger partial charge in [0.1, 0.15) is 5.75 Å². The fourth-order valence-electron chi connectivity index (χ4n) is 2.94. The number of halogens is 1. The fraction of sp³-hybridized carbons (Fsp3) is 0.562. The van der Waals surface area contributed by atoms with Crippen molar-refractivity contribution in [1.29, 1.82) is 0 Å². The Kier molecular flexibility index (Phi) is 6.99. The van der Waals surface area contributed by atoms with Crippen molar-refractivity contribution in [2.45, 2.75) is 38.6 Å². The lowest BCUT2D eigenvalue weighted by Gasteiger charge is -2.27. The molecule has 0 saturated heterocycles. The van der Waals surface area contributed by atoms with Crippen molar-refractivity contribution in [3.05, 3.63) is 29.3 Å². The number of hydrogen-bond acceptors (Lipinski definition) is 3. The Morgan fingerprint density at radius 2 is 2.29 bits per heavy atom. The molecule has 1 aliphatic heterocycles. The predicted molar refractivity (Wildman–Crippen MR) is 86.9 cm³/mol. The number of primary amides is 1. The summed E-state index contributed by atoms with van der Waals surface area (Å²) < 4.78 is 5.32. The maximum absolute atomic E-state index is 11.3. The molecule has 0 spiro atoms. The maximum Gasteiger partial charge on any atom is 0.220 e. The van der Waals surface area contributed by atoms with Gasteiger partial charge < -0.3 is 15.8 Å². The van der Waals surface area contributed by atoms with Crippen LogP contribution in [-0.4, -0.2) is 19.6 Å². The van der Waals surface area contributed by atoms with Crippen LogP contribution in [0.3, 0.4) is 0 Å². The summed E-state index contributed by atoms with van der Waals surface area (Å²) in [6, 6.07) is 6.26. The highest BCUT2D eigenvalue weighted by molar-refractivity contribution is 5.85. The highest BCUT2D eigenvalue weighted by Gasteiger charge is 2.22. The van der Waals surface area contributed by atoms with E-state index in [1.54, 1.807) is 7.11 Å². The van der Waals surface area contributed by atoms with E-state index in [0.717, 1.165) is 38.1 Å². The summed E-state index contributed by atoms with van der Waals surface area (Å²) in [5, 5.41) is 3.44. The van der Waals surface area contributed by atoms with Crippen LogP contribution in [0.2, 0.25) is 0 Å². The third-order valence-corrected chi connectivity index (χ3v) is 4.26. The Balaban J connectivity index is 0.00000220. The summed E-state index contributed by atoms with van der Waals surface area (Å²) in [4.78, 5) is 11.3. The number of ether oxygens (including phenoxy) is 1. The van der Waals surface area contributed by atoms with Gasteiger partial charge in [-0.1, -0.05) is 13.0 Å². The van der Waals surface area contributed by atoms with E-state index in [2.05, 4.69) is 17.4 Å². The van der Waals surface area contributed by atoms with Crippen LogP contribution in [0, 0.1) is 5.92 Å². The van der Waals surface area contributed by atoms with Crippen molar-refractivity contribution in [2.24, 2.45) is 11.7 Å². The second-order valence-corrected chi connectivity index (χ2v) is 5.48. The van der Waals surface area contributed by atoms with Gasteiger partial charge in [0.25, 0.3) is 0 Å². The number of methoxy groups -OCH3 is 1. The monoisotopic (exact) mass is 312 g/mol. The second-order valence-electron chi connectivity index (χ2n) is 5.48. The van der Waals surface area contributed by atoms with Gasteiger partial charge in [0.15, 0.2) is 0 Å². The number of rotatable bonds is 6. The van der Waals surface area contributed by atoms with Crippen LogP contribution in [0.15, 0.2) is 18.2 Å². The molecule has 3 N–H and O–H groups in total. The van der Waals surface area contributed by atoms with Gasteiger partial charge in [0.05, 0.1) is 7.11 Å². The number of carbonyl (C=O) groups excluding carboxylic acids is 1. The quantitative estimate of drug-likeness (QED) is 0.848. The highest BCUT2D eigenvalue weighted by atomic mass is 35.5. The number of benzene rings is 1. The van der Waals surface area contributed by atoms with Gasteiger partial charge in [0, 0.05) is 19.0 Å². The van der Waals surface area contributed by atoms with E-state index >= 15 is 0 Å². The molecule has 0 radical (unpaired) electrons. The van der Waals surface area contributed by atoms with Gasteiger partial charge >= 0.3 is 0 Å². The molecule has 1 amide bonds. The minimum Gasteiger partial charge on any atom is -0.497 e. The average molecular weight is 313 g/mol. The first-order chi connectivity index (χ1) is 9.65. The van der Waals surface area contributed by atoms with Crippen LogP contribution in [0.25, 0.3) is 0 Å². The Morgan fingerprint density at radius 3 is 2.90 bits per heavy atom. The molecule has 118 valence electrons. The van der Waals surface area contributed by atoms with E-state index in [9.17, 15) is 4.79 Å². The maximum atomic E-state index is 11.3. The van der Waals surface area contributed by atoms with Gasteiger partial charge in [-0.3, -0.25) is 4.79 Å². The molecular formula is C16H25ClN2O2. The standard InChI is InChI=1S/C16H24N2O2.ClH/c1-3-11(16(17)19)4-5-12-9-18-10-13-6-7-14(20-2)8-15(12)13;/h6-8,11-12,18H,3-5,9-10H2,1-2H3,(H2,17,19);1H. The van der Waals surface area contributed by atoms with Gasteiger partial charge in [-0.15, -0.1) is 12.4 Å². The molecule has 2 atom stereocenters. The van der Waals surface area contributed by atoms with Crippen molar-refractivity contribution >= 4 is 18.3 Å². The van der Waals surface area contributed by atoms with Crippen molar-refractivity contribution in [3.8, 4) is 5.75 Å². The lowest BCUT2D eigenvalue weighted by atomic mass is 9.84. The SMILES string of the molecule is CCC(CCC1CNCc2ccc(OC)cc21)C(N)=O.Cl. The van der Waals surface area contributed by atoms with Gasteiger partial charge in [-0.25, -0.2) is 0 Å². The molecule has 1 aromatic rings. The topological polar surface area (TPSA) is 64.3 Å². The number of fused-ring (bicyclic) bond motifs is 1. The van der Waals surface area contributed by atoms with Crippen molar-refractivity contribution in [2.75, 3.05) is 13.7 Å². The zero-order valence-electron chi connectivity index (χ0n) is 12.7. The zero-order valence-corrected chi connectivity index (χ0v) is 13.5. The molecule has 5 heteroatoms. The Bertz CT molecular complexity index is 479. The first-order valence-corrected chi connectivity index (χ1v) is 7.32. The average Bonchev–Trinajstić information content (AvgIpc) is 2.47. The number of amides is 1. The van der Waals surface area contributed by atoms with Crippen LogP contribution >= 0.6 is 12.4 Å². The minimum absolute atomic E-state index is 0. The lowest BCUT2D eigenvalue weighted by Crippen LogP contribution is -2.29. The van der Waals surface area contributed by atoms with E-state index in [4.69, 9.17) is 10.5 Å². The molecule has 0 aromatic heterocycles. The smallest absolute Gasteiger partial charge is 0.220 e. The van der Waals surface area contributed by atoms with E-state index < -0.39 is 0 Å². The molecule has 0 bridgehead atoms. The molecule has 1 aromatic carbocycles. The molecule has 2 unspecified atom stereocenters. The van der Waals surface area contributed by atoms with Crippen LogP contribution < -0.4 is 15.8 Å². The van der Waals surface area contributed by atoms with Crippen molar-refractivity contribution in [3.63, 3.8) is 0 Å². The fourth-order valence-corrected chi connectivity index (χ4v) is 2.94. The Morgan fingerprint density at radius 1 is 1.52 bits per heavy atom. The molecule has 1 aliphatic rings. The number of nitrogens with two attached hydrogens (primary N) is 1. The van der Waals surface area contributed by atoms with Crippen LogP contribution in [-0.2, 0) is 11.3 Å². The Hall–Kier alpha value is -1.26. The molecule has 21 heavy (non-hydrogen) atoms. The molecule has 2 rings (SSSR count). The lowest BCUT2D eigenvalue weighted by molar-refractivity contribution is -0.122. The van der Waals surface area contributed by atoms with E-state index in [-0.39, 0.29) is 24.2 Å². The van der Waals surface area contributed by atoms with Crippen LogP contribution in [0.4, 0.5) is 0 Å². The molecule has 4 nitrogen and oxygen atoms in total.